The van der Waals surface area contributed by atoms with E-state index in [1.54, 1.807) is 6.26 Å². The van der Waals surface area contributed by atoms with Gasteiger partial charge in [-0.2, -0.15) is 0 Å². The first-order valence-corrected chi connectivity index (χ1v) is 7.83. The predicted molar refractivity (Wildman–Crippen MR) is 83.8 cm³/mol. The maximum atomic E-state index is 12.7. The third-order valence-corrected chi connectivity index (χ3v) is 4.69. The van der Waals surface area contributed by atoms with Crippen molar-refractivity contribution in [2.24, 2.45) is 0 Å². The van der Waals surface area contributed by atoms with Crippen LogP contribution < -0.4 is 10.2 Å². The van der Waals surface area contributed by atoms with Gasteiger partial charge in [-0.05, 0) is 49.9 Å². The molecular formula is C17H19N3O2. The summed E-state index contributed by atoms with van der Waals surface area (Å²) < 4.78 is 5.07. The average molecular weight is 297 g/mol. The standard InChI is InChI=1S/C17H19N3O2/c1-11-14(10-22-19-11)12-4-2-6-16-13(12)7-9-20(16)17(21)15-5-3-8-18-15/h2,4,6,10,15,18H,3,5,7-9H2,1H3. The minimum Gasteiger partial charge on any atom is -0.364 e. The summed E-state index contributed by atoms with van der Waals surface area (Å²) in [5, 5.41) is 7.27. The van der Waals surface area contributed by atoms with Gasteiger partial charge in [0.1, 0.15) is 6.26 Å². The van der Waals surface area contributed by atoms with Gasteiger partial charge in [0.15, 0.2) is 0 Å². The van der Waals surface area contributed by atoms with Crippen molar-refractivity contribution in [3.8, 4) is 11.1 Å². The summed E-state index contributed by atoms with van der Waals surface area (Å²) in [4.78, 5) is 14.6. The highest BCUT2D eigenvalue weighted by molar-refractivity contribution is 6.00. The molecule has 2 aliphatic rings. The Labute approximate surface area is 129 Å². The van der Waals surface area contributed by atoms with Crippen LogP contribution in [0.3, 0.4) is 0 Å². The lowest BCUT2D eigenvalue weighted by Gasteiger charge is -2.21. The molecular weight excluding hydrogens is 278 g/mol. The Bertz CT molecular complexity index is 716. The van der Waals surface area contributed by atoms with Crippen LogP contribution in [0.15, 0.2) is 29.0 Å². The quantitative estimate of drug-likeness (QED) is 0.924. The normalized spacial score (nSPS) is 20.4. The van der Waals surface area contributed by atoms with Crippen LogP contribution in [0.5, 0.6) is 0 Å². The van der Waals surface area contributed by atoms with E-state index in [0.29, 0.717) is 0 Å². The second-order valence-corrected chi connectivity index (χ2v) is 6.01. The number of nitrogens with zero attached hydrogens (tertiary/aromatic N) is 2. The molecule has 1 unspecified atom stereocenters. The molecule has 1 aromatic heterocycles. The Morgan fingerprint density at radius 3 is 3.05 bits per heavy atom. The average Bonchev–Trinajstić information content (AvgIpc) is 3.26. The lowest BCUT2D eigenvalue weighted by atomic mass is 9.98. The van der Waals surface area contributed by atoms with Gasteiger partial charge in [-0.15, -0.1) is 0 Å². The predicted octanol–water partition coefficient (Wildman–Crippen LogP) is 2.29. The first-order valence-electron chi connectivity index (χ1n) is 7.83. The van der Waals surface area contributed by atoms with Crippen molar-refractivity contribution in [3.63, 3.8) is 0 Å². The van der Waals surface area contributed by atoms with Crippen LogP contribution in [-0.2, 0) is 11.2 Å². The maximum absolute atomic E-state index is 12.7. The highest BCUT2D eigenvalue weighted by Gasteiger charge is 2.32. The van der Waals surface area contributed by atoms with E-state index in [1.807, 2.05) is 24.0 Å². The topological polar surface area (TPSA) is 58.4 Å². The smallest absolute Gasteiger partial charge is 0.244 e. The zero-order valence-electron chi connectivity index (χ0n) is 12.6. The summed E-state index contributed by atoms with van der Waals surface area (Å²) in [5.41, 5.74) is 5.30. The molecule has 114 valence electrons. The third-order valence-electron chi connectivity index (χ3n) is 4.69. The van der Waals surface area contributed by atoms with Crippen molar-refractivity contribution in [3.05, 3.63) is 35.7 Å². The van der Waals surface area contributed by atoms with Crippen LogP contribution in [0.4, 0.5) is 5.69 Å². The van der Waals surface area contributed by atoms with E-state index in [9.17, 15) is 4.79 Å². The number of nitrogens with one attached hydrogen (secondary N) is 1. The zero-order valence-corrected chi connectivity index (χ0v) is 12.6. The number of benzene rings is 1. The summed E-state index contributed by atoms with van der Waals surface area (Å²) in [6, 6.07) is 6.11. The number of fused-ring (bicyclic) bond motifs is 1. The second-order valence-electron chi connectivity index (χ2n) is 6.01. The molecule has 5 nitrogen and oxygen atoms in total. The van der Waals surface area contributed by atoms with Crippen LogP contribution in [0.25, 0.3) is 11.1 Å². The van der Waals surface area contributed by atoms with Crippen LogP contribution in [-0.4, -0.2) is 30.2 Å². The van der Waals surface area contributed by atoms with Crippen molar-refractivity contribution in [2.75, 3.05) is 18.0 Å². The molecule has 1 fully saturated rings. The second kappa shape index (κ2) is 5.25. The zero-order chi connectivity index (χ0) is 15.1. The molecule has 1 amide bonds. The van der Waals surface area contributed by atoms with Gasteiger partial charge in [-0.25, -0.2) is 0 Å². The monoisotopic (exact) mass is 297 g/mol. The fourth-order valence-corrected chi connectivity index (χ4v) is 3.55. The van der Waals surface area contributed by atoms with Gasteiger partial charge in [0.2, 0.25) is 5.91 Å². The van der Waals surface area contributed by atoms with E-state index in [4.69, 9.17) is 4.52 Å². The molecule has 2 aromatic rings. The fraction of sp³-hybridized carbons (Fsp3) is 0.412. The number of hydrogen-bond acceptors (Lipinski definition) is 4. The van der Waals surface area contributed by atoms with E-state index < -0.39 is 0 Å². The molecule has 1 atom stereocenters. The Hall–Kier alpha value is -2.14. The fourth-order valence-electron chi connectivity index (χ4n) is 3.55. The Morgan fingerprint density at radius 2 is 2.32 bits per heavy atom. The van der Waals surface area contributed by atoms with E-state index >= 15 is 0 Å². The Balaban J connectivity index is 1.71. The molecule has 5 heteroatoms. The maximum Gasteiger partial charge on any atom is 0.244 e. The largest absolute Gasteiger partial charge is 0.364 e. The summed E-state index contributed by atoms with van der Waals surface area (Å²) in [5.74, 6) is 0.204. The minimum absolute atomic E-state index is 0.0214. The Morgan fingerprint density at radius 1 is 1.41 bits per heavy atom. The lowest BCUT2D eigenvalue weighted by molar-refractivity contribution is -0.120. The SMILES string of the molecule is Cc1nocc1-c1cccc2c1CCN2C(=O)C1CCCN1. The van der Waals surface area contributed by atoms with Crippen LogP contribution >= 0.6 is 0 Å². The molecule has 1 saturated heterocycles. The van der Waals surface area contributed by atoms with Gasteiger partial charge < -0.3 is 14.7 Å². The first-order chi connectivity index (χ1) is 10.8. The van der Waals surface area contributed by atoms with Crippen molar-refractivity contribution < 1.29 is 9.32 Å². The summed E-state index contributed by atoms with van der Waals surface area (Å²) >= 11 is 0. The number of aryl methyl sites for hydroxylation is 1. The molecule has 22 heavy (non-hydrogen) atoms. The van der Waals surface area contributed by atoms with Crippen LogP contribution in [0.1, 0.15) is 24.1 Å². The molecule has 1 aromatic carbocycles. The van der Waals surface area contributed by atoms with Crippen LogP contribution in [0.2, 0.25) is 0 Å². The number of rotatable bonds is 2. The van der Waals surface area contributed by atoms with Crippen molar-refractivity contribution >= 4 is 11.6 Å². The van der Waals surface area contributed by atoms with Gasteiger partial charge in [-0.1, -0.05) is 17.3 Å². The number of amides is 1. The number of aromatic nitrogens is 1. The third kappa shape index (κ3) is 2.04. The molecule has 1 N–H and O–H groups in total. The molecule has 0 bridgehead atoms. The molecule has 0 radical (unpaired) electrons. The van der Waals surface area contributed by atoms with Gasteiger partial charge >= 0.3 is 0 Å². The summed E-state index contributed by atoms with van der Waals surface area (Å²) in [6.45, 7) is 3.64. The minimum atomic E-state index is -0.0214. The van der Waals surface area contributed by atoms with E-state index in [-0.39, 0.29) is 11.9 Å². The number of hydrogen-bond donors (Lipinski definition) is 1. The molecule has 4 rings (SSSR count). The number of anilines is 1. The van der Waals surface area contributed by atoms with Gasteiger partial charge in [0, 0.05) is 17.8 Å². The number of carbonyl (C=O) groups is 1. The van der Waals surface area contributed by atoms with Gasteiger partial charge in [0.05, 0.1) is 11.7 Å². The highest BCUT2D eigenvalue weighted by atomic mass is 16.5. The molecule has 0 spiro atoms. The van der Waals surface area contributed by atoms with E-state index in [1.165, 1.54) is 5.56 Å². The summed E-state index contributed by atoms with van der Waals surface area (Å²) in [7, 11) is 0. The molecule has 2 aliphatic heterocycles. The van der Waals surface area contributed by atoms with Crippen molar-refractivity contribution in [1.29, 1.82) is 0 Å². The van der Waals surface area contributed by atoms with Crippen molar-refractivity contribution in [2.45, 2.75) is 32.2 Å². The van der Waals surface area contributed by atoms with E-state index in [2.05, 4.69) is 16.5 Å². The summed E-state index contributed by atoms with van der Waals surface area (Å²) in [6.07, 6.45) is 4.59. The van der Waals surface area contributed by atoms with E-state index in [0.717, 1.165) is 54.9 Å². The number of carbonyl (C=O) groups excluding carboxylic acids is 1. The molecule has 0 aliphatic carbocycles. The Kier molecular flexibility index (Phi) is 3.22. The van der Waals surface area contributed by atoms with Gasteiger partial charge in [0.25, 0.3) is 0 Å². The molecule has 3 heterocycles. The lowest BCUT2D eigenvalue weighted by Crippen LogP contribution is -2.42. The van der Waals surface area contributed by atoms with Gasteiger partial charge in [-0.3, -0.25) is 4.79 Å². The first kappa shape index (κ1) is 13.5. The molecule has 0 saturated carbocycles. The van der Waals surface area contributed by atoms with Crippen molar-refractivity contribution in [1.82, 2.24) is 10.5 Å². The highest BCUT2D eigenvalue weighted by Crippen LogP contribution is 2.37. The van der Waals surface area contributed by atoms with Crippen LogP contribution in [0, 0.1) is 6.92 Å².